The monoisotopic (exact) mass is 435 g/mol. The summed E-state index contributed by atoms with van der Waals surface area (Å²) < 4.78 is 17.2. The summed E-state index contributed by atoms with van der Waals surface area (Å²) in [5.41, 5.74) is 8.11. The highest BCUT2D eigenvalue weighted by molar-refractivity contribution is 5.75. The molecule has 2 atom stereocenters. The van der Waals surface area contributed by atoms with E-state index in [2.05, 4.69) is 0 Å². The van der Waals surface area contributed by atoms with Gasteiger partial charge in [0, 0.05) is 6.92 Å². The van der Waals surface area contributed by atoms with Crippen LogP contribution < -0.4 is 15.2 Å². The molecule has 3 aromatic carbocycles. The molecule has 32 heavy (non-hydrogen) atoms. The number of ether oxygens (including phenoxy) is 3. The van der Waals surface area contributed by atoms with Crippen molar-refractivity contribution >= 4 is 11.9 Å². The summed E-state index contributed by atoms with van der Waals surface area (Å²) in [6, 6.07) is 22.7. The second kappa shape index (κ2) is 11.0. The Morgan fingerprint density at radius 1 is 0.844 bits per heavy atom. The first-order chi connectivity index (χ1) is 15.4. The Hall–Kier alpha value is -3.84. The SMILES string of the molecule is CC(=O)OC(c1ccc(OCc2ccccc2)c(OCc2ccccc2)c1)[C@H](N)C(=O)O. The zero-order chi connectivity index (χ0) is 22.9. The number of nitrogens with two attached hydrogens (primary N) is 1. The second-order valence-electron chi connectivity index (χ2n) is 7.15. The van der Waals surface area contributed by atoms with Gasteiger partial charge in [-0.25, -0.2) is 0 Å². The fourth-order valence-electron chi connectivity index (χ4n) is 3.06. The highest BCUT2D eigenvalue weighted by Gasteiger charge is 2.29. The average molecular weight is 435 g/mol. The molecule has 3 rings (SSSR count). The lowest BCUT2D eigenvalue weighted by molar-refractivity contribution is -0.153. The van der Waals surface area contributed by atoms with Crippen molar-refractivity contribution in [1.82, 2.24) is 0 Å². The van der Waals surface area contributed by atoms with Gasteiger partial charge in [-0.3, -0.25) is 9.59 Å². The van der Waals surface area contributed by atoms with E-state index in [1.54, 1.807) is 18.2 Å². The van der Waals surface area contributed by atoms with E-state index >= 15 is 0 Å². The molecule has 0 fully saturated rings. The fourth-order valence-corrected chi connectivity index (χ4v) is 3.06. The van der Waals surface area contributed by atoms with Crippen LogP contribution in [0.15, 0.2) is 78.9 Å². The molecule has 7 heteroatoms. The van der Waals surface area contributed by atoms with Crippen LogP contribution in [0.2, 0.25) is 0 Å². The molecule has 0 bridgehead atoms. The number of hydrogen-bond donors (Lipinski definition) is 2. The van der Waals surface area contributed by atoms with Crippen molar-refractivity contribution < 1.29 is 28.9 Å². The summed E-state index contributed by atoms with van der Waals surface area (Å²) in [4.78, 5) is 23.0. The molecule has 1 unspecified atom stereocenters. The minimum atomic E-state index is -1.43. The maximum atomic E-state index is 11.5. The molecule has 0 saturated heterocycles. The predicted octanol–water partition coefficient (Wildman–Crippen LogP) is 3.86. The lowest BCUT2D eigenvalue weighted by Gasteiger charge is -2.22. The van der Waals surface area contributed by atoms with Crippen molar-refractivity contribution in [2.24, 2.45) is 5.73 Å². The lowest BCUT2D eigenvalue weighted by atomic mass is 10.0. The Morgan fingerprint density at radius 3 is 1.88 bits per heavy atom. The smallest absolute Gasteiger partial charge is 0.324 e. The zero-order valence-electron chi connectivity index (χ0n) is 17.6. The molecular weight excluding hydrogens is 410 g/mol. The summed E-state index contributed by atoms with van der Waals surface area (Å²) in [6.07, 6.45) is -1.17. The first-order valence-electron chi connectivity index (χ1n) is 10.1. The number of carbonyl (C=O) groups excluding carboxylic acids is 1. The van der Waals surface area contributed by atoms with E-state index in [-0.39, 0.29) is 6.61 Å². The summed E-state index contributed by atoms with van der Waals surface area (Å²) in [7, 11) is 0. The van der Waals surface area contributed by atoms with Crippen LogP contribution >= 0.6 is 0 Å². The Labute approximate surface area is 186 Å². The predicted molar refractivity (Wildman–Crippen MR) is 118 cm³/mol. The number of carboxylic acids is 1. The Bertz CT molecular complexity index is 1040. The standard InChI is InChI=1S/C25H25NO6/c1-17(27)32-24(23(26)25(28)29)20-12-13-21(30-15-18-8-4-2-5-9-18)22(14-20)31-16-19-10-6-3-7-11-19/h2-14,23-24H,15-16,26H2,1H3,(H,28,29)/t23-,24?/m0/s1. The van der Waals surface area contributed by atoms with E-state index in [9.17, 15) is 14.7 Å². The molecule has 0 radical (unpaired) electrons. The molecule has 0 aromatic heterocycles. The van der Waals surface area contributed by atoms with Gasteiger partial charge < -0.3 is 25.1 Å². The average Bonchev–Trinajstić information content (AvgIpc) is 2.81. The minimum Gasteiger partial charge on any atom is -0.485 e. The fraction of sp³-hybridized carbons (Fsp3) is 0.200. The van der Waals surface area contributed by atoms with Gasteiger partial charge >= 0.3 is 11.9 Å². The van der Waals surface area contributed by atoms with E-state index in [4.69, 9.17) is 19.9 Å². The van der Waals surface area contributed by atoms with Crippen molar-refractivity contribution in [2.45, 2.75) is 32.3 Å². The largest absolute Gasteiger partial charge is 0.485 e. The zero-order valence-corrected chi connectivity index (χ0v) is 17.6. The minimum absolute atomic E-state index is 0.273. The van der Waals surface area contributed by atoms with Gasteiger partial charge in [-0.1, -0.05) is 66.7 Å². The molecule has 0 aliphatic heterocycles. The Balaban J connectivity index is 1.89. The van der Waals surface area contributed by atoms with Gasteiger partial charge in [0.25, 0.3) is 0 Å². The van der Waals surface area contributed by atoms with Crippen LogP contribution in [0.4, 0.5) is 0 Å². The van der Waals surface area contributed by atoms with Crippen molar-refractivity contribution in [2.75, 3.05) is 0 Å². The molecule has 3 N–H and O–H groups in total. The van der Waals surface area contributed by atoms with Crippen molar-refractivity contribution in [3.05, 3.63) is 95.6 Å². The number of carboxylic acid groups (broad SMARTS) is 1. The summed E-state index contributed by atoms with van der Waals surface area (Å²) in [5.74, 6) is -1.06. The van der Waals surface area contributed by atoms with E-state index in [0.717, 1.165) is 11.1 Å². The molecule has 7 nitrogen and oxygen atoms in total. The molecule has 0 aliphatic rings. The van der Waals surface area contributed by atoms with Crippen LogP contribution in [0.3, 0.4) is 0 Å². The molecule has 0 heterocycles. The number of benzene rings is 3. The topological polar surface area (TPSA) is 108 Å². The number of hydrogen-bond acceptors (Lipinski definition) is 6. The van der Waals surface area contributed by atoms with E-state index < -0.39 is 24.1 Å². The number of rotatable bonds is 10. The normalized spacial score (nSPS) is 12.4. The van der Waals surface area contributed by atoms with Gasteiger partial charge in [0.05, 0.1) is 0 Å². The highest BCUT2D eigenvalue weighted by atomic mass is 16.5. The van der Waals surface area contributed by atoms with Crippen molar-refractivity contribution in [1.29, 1.82) is 0 Å². The lowest BCUT2D eigenvalue weighted by Crippen LogP contribution is -2.38. The third-order valence-electron chi connectivity index (χ3n) is 4.67. The summed E-state index contributed by atoms with van der Waals surface area (Å²) in [6.45, 7) is 1.80. The number of aliphatic carboxylic acids is 1. The van der Waals surface area contributed by atoms with Crippen LogP contribution in [0.1, 0.15) is 29.7 Å². The third kappa shape index (κ3) is 6.33. The van der Waals surface area contributed by atoms with Crippen LogP contribution in [-0.2, 0) is 27.5 Å². The number of carbonyl (C=O) groups is 2. The van der Waals surface area contributed by atoms with E-state index in [0.29, 0.717) is 23.7 Å². The maximum absolute atomic E-state index is 11.5. The molecular formula is C25H25NO6. The van der Waals surface area contributed by atoms with Crippen LogP contribution in [0.5, 0.6) is 11.5 Å². The molecule has 0 aliphatic carbocycles. The van der Waals surface area contributed by atoms with Crippen LogP contribution in [-0.4, -0.2) is 23.1 Å². The third-order valence-corrected chi connectivity index (χ3v) is 4.67. The maximum Gasteiger partial charge on any atom is 0.324 e. The quantitative estimate of drug-likeness (QED) is 0.466. The van der Waals surface area contributed by atoms with Gasteiger partial charge in [-0.2, -0.15) is 0 Å². The van der Waals surface area contributed by atoms with E-state index in [1.165, 1.54) is 6.92 Å². The first-order valence-corrected chi connectivity index (χ1v) is 10.1. The summed E-state index contributed by atoms with van der Waals surface area (Å²) in [5, 5.41) is 9.34. The molecule has 3 aromatic rings. The van der Waals surface area contributed by atoms with Gasteiger partial charge in [0.15, 0.2) is 17.6 Å². The van der Waals surface area contributed by atoms with Gasteiger partial charge in [0.1, 0.15) is 19.3 Å². The Kier molecular flexibility index (Phi) is 7.83. The highest BCUT2D eigenvalue weighted by Crippen LogP contribution is 2.34. The van der Waals surface area contributed by atoms with Crippen molar-refractivity contribution in [3.63, 3.8) is 0 Å². The van der Waals surface area contributed by atoms with Gasteiger partial charge in [-0.05, 0) is 28.8 Å². The second-order valence-corrected chi connectivity index (χ2v) is 7.15. The van der Waals surface area contributed by atoms with Crippen molar-refractivity contribution in [3.8, 4) is 11.5 Å². The van der Waals surface area contributed by atoms with E-state index in [1.807, 2.05) is 60.7 Å². The molecule has 166 valence electrons. The number of esters is 1. The summed E-state index contributed by atoms with van der Waals surface area (Å²) >= 11 is 0. The first kappa shape index (κ1) is 22.8. The molecule has 0 spiro atoms. The van der Waals surface area contributed by atoms with Crippen LogP contribution in [0.25, 0.3) is 0 Å². The molecule has 0 amide bonds. The van der Waals surface area contributed by atoms with Gasteiger partial charge in [0.2, 0.25) is 0 Å². The Morgan fingerprint density at radius 2 is 1.38 bits per heavy atom. The molecule has 0 saturated carbocycles. The van der Waals surface area contributed by atoms with Crippen LogP contribution in [0, 0.1) is 0 Å². The van der Waals surface area contributed by atoms with Gasteiger partial charge in [-0.15, -0.1) is 0 Å².